The topological polar surface area (TPSA) is 301 Å². The minimum atomic E-state index is -1.65. The van der Waals surface area contributed by atoms with E-state index in [0.717, 1.165) is 39.5 Å². The van der Waals surface area contributed by atoms with Crippen LogP contribution in [0.3, 0.4) is 0 Å². The van der Waals surface area contributed by atoms with E-state index >= 15 is 9.59 Å². The number of rotatable bonds is 27. The number of aromatic amines is 2. The molecule has 20 nitrogen and oxygen atoms in total. The molecule has 84 heavy (non-hydrogen) atoms. The maximum atomic E-state index is 15.1. The van der Waals surface area contributed by atoms with Crippen LogP contribution in [-0.2, 0) is 64.0 Å². The quantitative estimate of drug-likeness (QED) is 0.0338. The second-order valence-electron chi connectivity index (χ2n) is 22.6. The minimum Gasteiger partial charge on any atom is -0.508 e. The van der Waals surface area contributed by atoms with Crippen molar-refractivity contribution in [3.05, 3.63) is 137 Å². The summed E-state index contributed by atoms with van der Waals surface area (Å²) in [5, 5.41) is 37.7. The Balaban J connectivity index is 1.07. The van der Waals surface area contributed by atoms with Crippen LogP contribution < -0.4 is 32.3 Å². The molecule has 3 heterocycles. The highest BCUT2D eigenvalue weighted by molar-refractivity contribution is 6.30. The van der Waals surface area contributed by atoms with E-state index in [-0.39, 0.29) is 74.3 Å². The van der Waals surface area contributed by atoms with Crippen LogP contribution in [-0.4, -0.2) is 146 Å². The number of benzene rings is 4. The molecule has 7 atom stereocenters. The summed E-state index contributed by atoms with van der Waals surface area (Å²) in [6, 6.07) is 18.8. The van der Waals surface area contributed by atoms with Crippen LogP contribution in [0.2, 0.25) is 5.02 Å². The molecule has 21 heteroatoms. The van der Waals surface area contributed by atoms with Gasteiger partial charge in [0.15, 0.2) is 5.78 Å². The summed E-state index contributed by atoms with van der Waals surface area (Å²) in [5.41, 5.74) is 9.76. The first kappa shape index (κ1) is 62.0. The summed E-state index contributed by atoms with van der Waals surface area (Å²) in [6.07, 6.45) is 7.66. The van der Waals surface area contributed by atoms with Gasteiger partial charge in [-0.3, -0.25) is 38.4 Å². The van der Waals surface area contributed by atoms with E-state index in [1.807, 2.05) is 62.4 Å². The van der Waals surface area contributed by atoms with Gasteiger partial charge in [-0.2, -0.15) is 0 Å². The summed E-state index contributed by atoms with van der Waals surface area (Å²) in [6.45, 7) is 3.32. The zero-order valence-corrected chi connectivity index (χ0v) is 48.5. The molecule has 446 valence electrons. The smallest absolute Gasteiger partial charge is 0.245 e. The third kappa shape index (κ3) is 15.8. The highest BCUT2D eigenvalue weighted by atomic mass is 35.5. The lowest BCUT2D eigenvalue weighted by Gasteiger charge is -2.32. The number of phenols is 1. The monoisotopic (exact) mass is 1170 g/mol. The van der Waals surface area contributed by atoms with Crippen LogP contribution in [0.5, 0.6) is 5.75 Å². The Labute approximate surface area is 493 Å². The number of H-pyrrole nitrogens is 2. The first-order chi connectivity index (χ1) is 40.4. The number of halogens is 1. The van der Waals surface area contributed by atoms with Crippen molar-refractivity contribution in [1.29, 1.82) is 0 Å². The van der Waals surface area contributed by atoms with Gasteiger partial charge >= 0.3 is 0 Å². The van der Waals surface area contributed by atoms with E-state index in [0.29, 0.717) is 59.5 Å². The number of ketones is 1. The highest BCUT2D eigenvalue weighted by Crippen LogP contribution is 2.27. The molecule has 7 amide bonds. The molecule has 2 aliphatic rings. The number of para-hydroxylation sites is 2. The van der Waals surface area contributed by atoms with Crippen molar-refractivity contribution in [2.45, 2.75) is 133 Å². The standard InChI is InChI=1S/C63H77ClN10O10/c1-37(2)29-52(63(84)74-28-10-17-54(74)56(77)26-27-65)71-60(81)51(32-41-34-66-47-15-8-6-13-45(41)47)69-58(79)50(31-39-20-24-44(76)25-21-39)70-61(82)55(36-75)73(3)62(83)53(33-42-35-67-48-16-9-7-14-46(42)48)72-59(80)49(30-38-18-22-43(64)23-19-38)68-57(78)40-11-4-5-12-40/h6-9,13-16,18-25,34-35,37,40,49-55,66-67,75-76H,4-5,10-12,17,26-33,36,65H2,1-3H3,(H,68,78)(H,69,79)(H,70,82)(H,71,81)(H,72,80)/t49-,50+,51-,52+,53-,54+,55+/m1/s1. The van der Waals surface area contributed by atoms with Crippen LogP contribution >= 0.6 is 11.6 Å². The molecule has 0 unspecified atom stereocenters. The van der Waals surface area contributed by atoms with Crippen LogP contribution in [0.15, 0.2) is 109 Å². The lowest BCUT2D eigenvalue weighted by molar-refractivity contribution is -0.144. The number of amides is 7. The molecule has 1 aliphatic carbocycles. The van der Waals surface area contributed by atoms with Crippen molar-refractivity contribution < 1.29 is 48.6 Å². The zero-order valence-electron chi connectivity index (χ0n) is 47.7. The van der Waals surface area contributed by atoms with Gasteiger partial charge in [0.2, 0.25) is 41.4 Å². The number of fused-ring (bicyclic) bond motifs is 2. The fourth-order valence-electron chi connectivity index (χ4n) is 11.5. The number of nitrogens with two attached hydrogens (primary N) is 1. The van der Waals surface area contributed by atoms with Crippen molar-refractivity contribution in [3.8, 4) is 5.75 Å². The van der Waals surface area contributed by atoms with E-state index in [1.165, 1.54) is 24.1 Å². The van der Waals surface area contributed by atoms with Gasteiger partial charge in [0, 0.05) is 90.8 Å². The molecule has 1 saturated heterocycles. The van der Waals surface area contributed by atoms with Crippen LogP contribution in [0, 0.1) is 11.8 Å². The number of hydrogen-bond acceptors (Lipinski definition) is 11. The number of hydrogen-bond donors (Lipinski definition) is 10. The Morgan fingerprint density at radius 3 is 1.70 bits per heavy atom. The molecular formula is C63H77ClN10O10. The zero-order chi connectivity index (χ0) is 60.0. The molecule has 1 aliphatic heterocycles. The van der Waals surface area contributed by atoms with Crippen LogP contribution in [0.25, 0.3) is 21.8 Å². The molecule has 11 N–H and O–H groups in total. The molecule has 1 saturated carbocycles. The number of aliphatic hydroxyl groups is 1. The summed E-state index contributed by atoms with van der Waals surface area (Å²) < 4.78 is 0. The summed E-state index contributed by atoms with van der Waals surface area (Å²) >= 11 is 6.20. The second kappa shape index (κ2) is 29.0. The van der Waals surface area contributed by atoms with E-state index in [9.17, 15) is 39.0 Å². The Morgan fingerprint density at radius 1 is 0.643 bits per heavy atom. The fraction of sp³-hybridized carbons (Fsp3) is 0.429. The number of phenolic OH excluding ortho intramolecular Hbond substituents is 1. The third-order valence-corrected chi connectivity index (χ3v) is 16.3. The Morgan fingerprint density at radius 2 is 1.14 bits per heavy atom. The largest absolute Gasteiger partial charge is 0.508 e. The molecular weight excluding hydrogens is 1090 g/mol. The van der Waals surface area contributed by atoms with E-state index in [2.05, 4.69) is 36.6 Å². The number of likely N-dealkylation sites (tertiary alicyclic amines) is 1. The predicted molar refractivity (Wildman–Crippen MR) is 319 cm³/mol. The van der Waals surface area contributed by atoms with Crippen molar-refractivity contribution in [1.82, 2.24) is 46.4 Å². The van der Waals surface area contributed by atoms with Gasteiger partial charge in [-0.25, -0.2) is 0 Å². The molecule has 2 aromatic heterocycles. The summed E-state index contributed by atoms with van der Waals surface area (Å²) in [5.74, 6) is -5.23. The van der Waals surface area contributed by atoms with Gasteiger partial charge in [0.1, 0.15) is 42.0 Å². The molecule has 0 spiro atoms. The minimum absolute atomic E-state index is 0.0593. The number of aromatic hydroxyl groups is 1. The SMILES string of the molecule is CC(C)C[C@H](NC(=O)[C@@H](Cc1c[nH]c2ccccc12)NC(=O)[C@H](Cc1ccc(O)cc1)NC(=O)[C@H](CO)N(C)C(=O)[C@@H](Cc1c[nH]c2ccccc12)NC(=O)[C@@H](Cc1ccc(Cl)cc1)NC(=O)C1CCCC1)C(=O)N1CCC[C@H]1C(=O)CCN. The number of likely N-dealkylation sites (N-methyl/N-ethyl adjacent to an activating group) is 1. The molecule has 2 fully saturated rings. The lowest BCUT2D eigenvalue weighted by atomic mass is 9.99. The third-order valence-electron chi connectivity index (χ3n) is 16.1. The number of nitrogens with one attached hydrogen (secondary N) is 7. The highest BCUT2D eigenvalue weighted by Gasteiger charge is 2.40. The maximum Gasteiger partial charge on any atom is 0.245 e. The van der Waals surface area contributed by atoms with Gasteiger partial charge in [0.05, 0.1) is 12.6 Å². The van der Waals surface area contributed by atoms with Crippen LogP contribution in [0.4, 0.5) is 0 Å². The molecule has 4 aromatic carbocycles. The number of carbonyl (C=O) groups is 8. The Bertz CT molecular complexity index is 3290. The van der Waals surface area contributed by atoms with Crippen molar-refractivity contribution in [3.63, 3.8) is 0 Å². The van der Waals surface area contributed by atoms with E-state index in [4.69, 9.17) is 17.3 Å². The Hall–Kier alpha value is -8.07. The van der Waals surface area contributed by atoms with Crippen molar-refractivity contribution >= 4 is 80.5 Å². The number of aromatic nitrogens is 2. The first-order valence-electron chi connectivity index (χ1n) is 29.0. The van der Waals surface area contributed by atoms with Crippen molar-refractivity contribution in [2.75, 3.05) is 26.7 Å². The molecule has 0 radical (unpaired) electrons. The molecule has 0 bridgehead atoms. The predicted octanol–water partition coefficient (Wildman–Crippen LogP) is 4.67. The van der Waals surface area contributed by atoms with E-state index in [1.54, 1.807) is 48.8 Å². The second-order valence-corrected chi connectivity index (χ2v) is 23.0. The average Bonchev–Trinajstić information content (AvgIpc) is 4.46. The van der Waals surface area contributed by atoms with Gasteiger partial charge in [-0.05, 0) is 103 Å². The van der Waals surface area contributed by atoms with Crippen LogP contribution in [0.1, 0.15) is 87.5 Å². The first-order valence-corrected chi connectivity index (χ1v) is 29.3. The maximum absolute atomic E-state index is 15.1. The van der Waals surface area contributed by atoms with Gasteiger partial charge in [0.25, 0.3) is 0 Å². The molecule has 8 rings (SSSR count). The average molecular weight is 1170 g/mol. The number of carbonyl (C=O) groups excluding carboxylic acids is 8. The van der Waals surface area contributed by atoms with Crippen molar-refractivity contribution in [2.24, 2.45) is 17.6 Å². The van der Waals surface area contributed by atoms with Gasteiger partial charge < -0.3 is 62.3 Å². The van der Waals surface area contributed by atoms with E-state index < -0.39 is 84.3 Å². The summed E-state index contributed by atoms with van der Waals surface area (Å²) in [7, 11) is 1.30. The lowest BCUT2D eigenvalue weighted by Crippen LogP contribution is -2.61. The summed E-state index contributed by atoms with van der Waals surface area (Å²) in [4.78, 5) is 125. The molecule has 6 aromatic rings. The Kier molecular flexibility index (Phi) is 21.4. The number of nitrogens with zero attached hydrogens (tertiary/aromatic N) is 2. The number of aliphatic hydroxyl groups excluding tert-OH is 1. The number of Topliss-reactive ketones (excluding diaryl/α,β-unsaturated/α-hetero) is 1. The van der Waals surface area contributed by atoms with Gasteiger partial charge in [-0.1, -0.05) is 99.0 Å². The fourth-order valence-corrected chi connectivity index (χ4v) is 11.6. The normalized spacial score (nSPS) is 16.6. The van der Waals surface area contributed by atoms with Gasteiger partial charge in [-0.15, -0.1) is 0 Å².